The highest BCUT2D eigenvalue weighted by molar-refractivity contribution is 5.88. The first kappa shape index (κ1) is 13.8. The number of carboxylic acids is 1. The van der Waals surface area contributed by atoms with Gasteiger partial charge in [-0.15, -0.1) is 0 Å². The predicted molar refractivity (Wildman–Crippen MR) is 67.3 cm³/mol. The molecule has 2 aliphatic rings. The lowest BCUT2D eigenvalue weighted by Gasteiger charge is -2.34. The third kappa shape index (κ3) is 2.88. The largest absolute Gasteiger partial charge is 0.481 e. The second kappa shape index (κ2) is 5.59. The summed E-state index contributed by atoms with van der Waals surface area (Å²) in [6.45, 7) is 2.98. The van der Waals surface area contributed by atoms with Crippen molar-refractivity contribution in [2.45, 2.75) is 38.6 Å². The van der Waals surface area contributed by atoms with Gasteiger partial charge in [-0.1, -0.05) is 0 Å². The summed E-state index contributed by atoms with van der Waals surface area (Å²) in [5, 5.41) is 9.04. The van der Waals surface area contributed by atoms with Gasteiger partial charge in [0.2, 0.25) is 11.8 Å². The molecule has 0 aromatic rings. The molecular formula is C13H20N2O4. The molecule has 0 bridgehead atoms. The van der Waals surface area contributed by atoms with Crippen molar-refractivity contribution < 1.29 is 19.5 Å². The summed E-state index contributed by atoms with van der Waals surface area (Å²) in [5.74, 6) is -1.47. The maximum Gasteiger partial charge on any atom is 0.308 e. The van der Waals surface area contributed by atoms with E-state index in [1.54, 1.807) is 9.80 Å². The minimum Gasteiger partial charge on any atom is -0.481 e. The highest BCUT2D eigenvalue weighted by atomic mass is 16.4. The van der Waals surface area contributed by atoms with Crippen molar-refractivity contribution in [3.05, 3.63) is 0 Å². The Hall–Kier alpha value is -1.59. The summed E-state index contributed by atoms with van der Waals surface area (Å²) >= 11 is 0. The molecule has 2 heterocycles. The normalized spacial score (nSPS) is 27.4. The molecule has 2 aliphatic heterocycles. The Morgan fingerprint density at radius 3 is 2.42 bits per heavy atom. The summed E-state index contributed by atoms with van der Waals surface area (Å²) in [5.41, 5.74) is 0. The van der Waals surface area contributed by atoms with E-state index in [1.807, 2.05) is 0 Å². The van der Waals surface area contributed by atoms with Gasteiger partial charge in [0.05, 0.1) is 5.92 Å². The van der Waals surface area contributed by atoms with Gasteiger partial charge >= 0.3 is 5.97 Å². The van der Waals surface area contributed by atoms with Gasteiger partial charge < -0.3 is 14.9 Å². The lowest BCUT2D eigenvalue weighted by atomic mass is 9.97. The lowest BCUT2D eigenvalue weighted by Crippen LogP contribution is -2.51. The van der Waals surface area contributed by atoms with E-state index in [1.165, 1.54) is 6.92 Å². The molecule has 0 unspecified atom stereocenters. The van der Waals surface area contributed by atoms with Crippen LogP contribution in [-0.4, -0.2) is 58.4 Å². The van der Waals surface area contributed by atoms with E-state index in [0.29, 0.717) is 25.9 Å². The van der Waals surface area contributed by atoms with Crippen LogP contribution >= 0.6 is 0 Å². The van der Waals surface area contributed by atoms with Crippen molar-refractivity contribution in [1.29, 1.82) is 0 Å². The average Bonchev–Trinajstić information content (AvgIpc) is 2.87. The third-order valence-corrected chi connectivity index (χ3v) is 4.02. The van der Waals surface area contributed by atoms with E-state index >= 15 is 0 Å². The first-order chi connectivity index (χ1) is 9.00. The van der Waals surface area contributed by atoms with Crippen LogP contribution in [0.3, 0.4) is 0 Å². The number of likely N-dealkylation sites (tertiary alicyclic amines) is 2. The van der Waals surface area contributed by atoms with E-state index in [2.05, 4.69) is 0 Å². The first-order valence-electron chi connectivity index (χ1n) is 6.79. The van der Waals surface area contributed by atoms with Gasteiger partial charge in [0.15, 0.2) is 0 Å². The lowest BCUT2D eigenvalue weighted by molar-refractivity contribution is -0.149. The molecule has 2 amide bonds. The molecular weight excluding hydrogens is 248 g/mol. The van der Waals surface area contributed by atoms with E-state index in [-0.39, 0.29) is 24.4 Å². The zero-order valence-electron chi connectivity index (χ0n) is 11.2. The van der Waals surface area contributed by atoms with E-state index in [0.717, 1.165) is 12.8 Å². The number of hydrogen-bond acceptors (Lipinski definition) is 3. The molecule has 6 heteroatoms. The summed E-state index contributed by atoms with van der Waals surface area (Å²) in [4.78, 5) is 38.1. The molecule has 2 saturated heterocycles. The zero-order valence-corrected chi connectivity index (χ0v) is 11.2. The number of aliphatic carboxylic acids is 1. The standard InChI is InChI=1S/C13H20N2O4/c1-9(16)15-7-3-5-11(15)12(17)14-6-2-4-10(8-14)13(18)19/h10-11H,2-8H2,1H3,(H,18,19)/t10-,11-/m0/s1. The molecule has 0 aromatic heterocycles. The SMILES string of the molecule is CC(=O)N1CCC[C@H]1C(=O)N1CCC[C@H](C(=O)O)C1. The van der Waals surface area contributed by atoms with Crippen LogP contribution < -0.4 is 0 Å². The zero-order chi connectivity index (χ0) is 14.0. The molecule has 0 aromatic carbocycles. The van der Waals surface area contributed by atoms with Gasteiger partial charge in [-0.05, 0) is 25.7 Å². The molecule has 0 aliphatic carbocycles. The van der Waals surface area contributed by atoms with Crippen molar-refractivity contribution in [2.24, 2.45) is 5.92 Å². The van der Waals surface area contributed by atoms with Gasteiger partial charge in [-0.3, -0.25) is 14.4 Å². The van der Waals surface area contributed by atoms with E-state index in [9.17, 15) is 14.4 Å². The summed E-state index contributed by atoms with van der Waals surface area (Å²) in [6, 6.07) is -0.384. The van der Waals surface area contributed by atoms with Crippen LogP contribution in [0.2, 0.25) is 0 Å². The second-order valence-corrected chi connectivity index (χ2v) is 5.33. The van der Waals surface area contributed by atoms with Crippen LogP contribution in [-0.2, 0) is 14.4 Å². The Bertz CT molecular complexity index is 396. The Morgan fingerprint density at radius 1 is 1.11 bits per heavy atom. The van der Waals surface area contributed by atoms with Crippen molar-refractivity contribution >= 4 is 17.8 Å². The monoisotopic (exact) mass is 268 g/mol. The van der Waals surface area contributed by atoms with Crippen molar-refractivity contribution in [2.75, 3.05) is 19.6 Å². The Morgan fingerprint density at radius 2 is 1.79 bits per heavy atom. The van der Waals surface area contributed by atoms with Crippen molar-refractivity contribution in [1.82, 2.24) is 9.80 Å². The fraction of sp³-hybridized carbons (Fsp3) is 0.769. The Kier molecular flexibility index (Phi) is 4.07. The number of carbonyl (C=O) groups is 3. The summed E-state index contributed by atoms with van der Waals surface area (Å²) in [7, 11) is 0. The van der Waals surface area contributed by atoms with Crippen LogP contribution in [0.1, 0.15) is 32.6 Å². The highest BCUT2D eigenvalue weighted by Gasteiger charge is 2.37. The van der Waals surface area contributed by atoms with E-state index in [4.69, 9.17) is 5.11 Å². The van der Waals surface area contributed by atoms with Gasteiger partial charge in [0.1, 0.15) is 6.04 Å². The molecule has 0 spiro atoms. The van der Waals surface area contributed by atoms with Crippen LogP contribution in [0.25, 0.3) is 0 Å². The molecule has 0 radical (unpaired) electrons. The number of nitrogens with zero attached hydrogens (tertiary/aromatic N) is 2. The van der Waals surface area contributed by atoms with E-state index < -0.39 is 11.9 Å². The Labute approximate surface area is 112 Å². The Balaban J connectivity index is 2.02. The number of amides is 2. The minimum atomic E-state index is -0.840. The molecule has 106 valence electrons. The predicted octanol–water partition coefficient (Wildman–Crippen LogP) is 0.320. The van der Waals surface area contributed by atoms with Crippen molar-refractivity contribution in [3.8, 4) is 0 Å². The van der Waals surface area contributed by atoms with Crippen molar-refractivity contribution in [3.63, 3.8) is 0 Å². The van der Waals surface area contributed by atoms with Gasteiger partial charge in [0, 0.05) is 26.6 Å². The maximum absolute atomic E-state index is 12.4. The summed E-state index contributed by atoms with van der Waals surface area (Å²) < 4.78 is 0. The highest BCUT2D eigenvalue weighted by Crippen LogP contribution is 2.23. The van der Waals surface area contributed by atoms with Gasteiger partial charge in [0.25, 0.3) is 0 Å². The molecule has 0 saturated carbocycles. The molecule has 2 atom stereocenters. The molecule has 19 heavy (non-hydrogen) atoms. The van der Waals surface area contributed by atoms with Crippen LogP contribution in [0, 0.1) is 5.92 Å². The van der Waals surface area contributed by atoms with Crippen LogP contribution in [0.5, 0.6) is 0 Å². The third-order valence-electron chi connectivity index (χ3n) is 4.02. The molecule has 2 rings (SSSR count). The fourth-order valence-corrected chi connectivity index (χ4v) is 2.99. The summed E-state index contributed by atoms with van der Waals surface area (Å²) in [6.07, 6.45) is 2.87. The topological polar surface area (TPSA) is 77.9 Å². The number of carboxylic acid groups (broad SMARTS) is 1. The van der Waals surface area contributed by atoms with Crippen LogP contribution in [0.4, 0.5) is 0 Å². The van der Waals surface area contributed by atoms with Gasteiger partial charge in [-0.2, -0.15) is 0 Å². The fourth-order valence-electron chi connectivity index (χ4n) is 2.99. The number of piperidine rings is 1. The number of rotatable bonds is 2. The minimum absolute atomic E-state index is 0.0809. The van der Waals surface area contributed by atoms with Crippen LogP contribution in [0.15, 0.2) is 0 Å². The average molecular weight is 268 g/mol. The molecule has 1 N–H and O–H groups in total. The second-order valence-electron chi connectivity index (χ2n) is 5.33. The number of hydrogen-bond donors (Lipinski definition) is 1. The first-order valence-corrected chi connectivity index (χ1v) is 6.79. The maximum atomic E-state index is 12.4. The quantitative estimate of drug-likeness (QED) is 0.782. The molecule has 6 nitrogen and oxygen atoms in total. The molecule has 2 fully saturated rings. The number of carbonyl (C=O) groups excluding carboxylic acids is 2. The van der Waals surface area contributed by atoms with Gasteiger partial charge in [-0.25, -0.2) is 0 Å². The smallest absolute Gasteiger partial charge is 0.308 e.